The maximum Gasteiger partial charge on any atom is 0.124 e. The number of nitrogens with one attached hydrogen (secondary N) is 1. The summed E-state index contributed by atoms with van der Waals surface area (Å²) in [5.74, 6) is -0.183. The molecule has 0 radical (unpaired) electrons. The summed E-state index contributed by atoms with van der Waals surface area (Å²) in [6.07, 6.45) is 1.91. The topological polar surface area (TPSA) is 24.9 Å². The number of halogens is 2. The van der Waals surface area contributed by atoms with E-state index in [1.807, 2.05) is 13.0 Å². The second-order valence-electron chi connectivity index (χ2n) is 4.73. The number of aromatic nitrogens is 1. The quantitative estimate of drug-likeness (QED) is 0.719. The molecule has 0 bridgehead atoms. The first-order valence-corrected chi connectivity index (χ1v) is 8.65. The molecule has 0 spiro atoms. The van der Waals surface area contributed by atoms with Gasteiger partial charge in [0.25, 0.3) is 0 Å². The third-order valence-electron chi connectivity index (χ3n) is 3.06. The van der Waals surface area contributed by atoms with E-state index < -0.39 is 0 Å². The summed E-state index contributed by atoms with van der Waals surface area (Å²) in [5.41, 5.74) is 2.24. The fourth-order valence-electron chi connectivity index (χ4n) is 2.11. The summed E-state index contributed by atoms with van der Waals surface area (Å²) in [6.45, 7) is 5.11. The first-order valence-electron chi connectivity index (χ1n) is 6.69. The Balaban J connectivity index is 2.22. The van der Waals surface area contributed by atoms with Crippen LogP contribution < -0.4 is 5.32 Å². The molecular weight excluding hydrogens is 386 g/mol. The Labute approximate surface area is 137 Å². The Morgan fingerprint density at radius 2 is 2.25 bits per heavy atom. The van der Waals surface area contributed by atoms with E-state index in [0.717, 1.165) is 39.2 Å². The van der Waals surface area contributed by atoms with Crippen LogP contribution in [0.3, 0.4) is 0 Å². The lowest BCUT2D eigenvalue weighted by atomic mass is 10.0. The van der Waals surface area contributed by atoms with Crippen molar-refractivity contribution in [1.29, 1.82) is 0 Å². The van der Waals surface area contributed by atoms with E-state index >= 15 is 0 Å². The van der Waals surface area contributed by atoms with Gasteiger partial charge in [-0.15, -0.1) is 11.3 Å². The highest BCUT2D eigenvalue weighted by molar-refractivity contribution is 14.1. The summed E-state index contributed by atoms with van der Waals surface area (Å²) < 4.78 is 14.2. The average molecular weight is 404 g/mol. The molecule has 0 amide bonds. The van der Waals surface area contributed by atoms with Gasteiger partial charge < -0.3 is 5.32 Å². The van der Waals surface area contributed by atoms with Gasteiger partial charge in [0, 0.05) is 21.4 Å². The van der Waals surface area contributed by atoms with Crippen molar-refractivity contribution in [3.8, 4) is 0 Å². The molecule has 20 heavy (non-hydrogen) atoms. The van der Waals surface area contributed by atoms with Gasteiger partial charge in [-0.2, -0.15) is 0 Å². The van der Waals surface area contributed by atoms with Crippen molar-refractivity contribution in [2.45, 2.75) is 32.7 Å². The fourth-order valence-corrected chi connectivity index (χ4v) is 3.58. The molecular formula is C15H18FIN2S. The predicted octanol–water partition coefficient (Wildman–Crippen LogP) is 4.48. The Kier molecular flexibility index (Phi) is 5.92. The van der Waals surface area contributed by atoms with Crippen LogP contribution in [0.25, 0.3) is 0 Å². The maximum absolute atomic E-state index is 13.3. The van der Waals surface area contributed by atoms with E-state index in [-0.39, 0.29) is 11.9 Å². The van der Waals surface area contributed by atoms with E-state index in [0.29, 0.717) is 0 Å². The molecule has 1 aromatic carbocycles. The van der Waals surface area contributed by atoms with Gasteiger partial charge in [0.2, 0.25) is 0 Å². The van der Waals surface area contributed by atoms with Crippen LogP contribution >= 0.6 is 33.9 Å². The molecule has 1 aromatic heterocycles. The van der Waals surface area contributed by atoms with Crippen LogP contribution in [0.2, 0.25) is 0 Å². The molecule has 0 aliphatic rings. The van der Waals surface area contributed by atoms with Crippen LogP contribution in [0.15, 0.2) is 23.6 Å². The minimum Gasteiger partial charge on any atom is -0.310 e. The first kappa shape index (κ1) is 15.9. The van der Waals surface area contributed by atoms with Crippen molar-refractivity contribution in [2.24, 2.45) is 0 Å². The number of benzene rings is 1. The van der Waals surface area contributed by atoms with Crippen LogP contribution in [-0.4, -0.2) is 11.5 Å². The van der Waals surface area contributed by atoms with Gasteiger partial charge >= 0.3 is 0 Å². The molecule has 1 atom stereocenters. The minimum absolute atomic E-state index is 0.183. The largest absolute Gasteiger partial charge is 0.310 e. The number of aryl methyl sites for hydroxylation is 1. The summed E-state index contributed by atoms with van der Waals surface area (Å²) >= 11 is 3.87. The van der Waals surface area contributed by atoms with Crippen LogP contribution in [0.5, 0.6) is 0 Å². The number of rotatable bonds is 6. The van der Waals surface area contributed by atoms with Crippen molar-refractivity contribution in [3.05, 3.63) is 49.2 Å². The molecule has 2 nitrogen and oxygen atoms in total. The predicted molar refractivity (Wildman–Crippen MR) is 90.7 cm³/mol. The molecule has 0 fully saturated rings. The highest BCUT2D eigenvalue weighted by Gasteiger charge is 2.16. The molecule has 2 rings (SSSR count). The highest BCUT2D eigenvalue weighted by Crippen LogP contribution is 2.25. The molecule has 0 aliphatic heterocycles. The first-order chi connectivity index (χ1) is 9.60. The maximum atomic E-state index is 13.3. The van der Waals surface area contributed by atoms with E-state index in [1.165, 1.54) is 6.07 Å². The van der Waals surface area contributed by atoms with Crippen molar-refractivity contribution in [1.82, 2.24) is 10.3 Å². The minimum atomic E-state index is -0.183. The summed E-state index contributed by atoms with van der Waals surface area (Å²) in [5, 5.41) is 6.73. The van der Waals surface area contributed by atoms with Crippen LogP contribution in [0, 0.1) is 16.3 Å². The average Bonchev–Trinajstić information content (AvgIpc) is 2.80. The Morgan fingerprint density at radius 3 is 2.85 bits per heavy atom. The molecule has 108 valence electrons. The lowest BCUT2D eigenvalue weighted by Gasteiger charge is -2.19. The van der Waals surface area contributed by atoms with Crippen molar-refractivity contribution in [2.75, 3.05) is 6.54 Å². The molecule has 1 heterocycles. The summed E-state index contributed by atoms with van der Waals surface area (Å²) in [7, 11) is 0. The third kappa shape index (κ3) is 4.23. The van der Waals surface area contributed by atoms with Crippen LogP contribution in [0.1, 0.15) is 35.7 Å². The van der Waals surface area contributed by atoms with E-state index in [9.17, 15) is 4.39 Å². The lowest BCUT2D eigenvalue weighted by Crippen LogP contribution is -2.25. The third-order valence-corrected chi connectivity index (χ3v) is 4.82. The molecule has 2 aromatic rings. The molecule has 1 unspecified atom stereocenters. The van der Waals surface area contributed by atoms with Gasteiger partial charge in [-0.1, -0.05) is 13.0 Å². The summed E-state index contributed by atoms with van der Waals surface area (Å²) in [4.78, 5) is 4.53. The number of nitrogens with zero attached hydrogens (tertiary/aromatic N) is 1. The lowest BCUT2D eigenvalue weighted by molar-refractivity contribution is 0.521. The molecule has 1 N–H and O–H groups in total. The van der Waals surface area contributed by atoms with E-state index in [4.69, 9.17) is 0 Å². The SMILES string of the molecule is CCCNC(Cc1csc(C)n1)c1ccc(F)cc1I. The number of hydrogen-bond donors (Lipinski definition) is 1. The standard InChI is InChI=1S/C15H18FIN2S/c1-3-6-18-15(8-12-9-20-10(2)19-12)13-5-4-11(16)7-14(13)17/h4-5,7,9,15,18H,3,6,8H2,1-2H3. The monoisotopic (exact) mass is 404 g/mol. The van der Waals surface area contributed by atoms with Crippen LogP contribution in [0.4, 0.5) is 4.39 Å². The van der Waals surface area contributed by atoms with Crippen LogP contribution in [-0.2, 0) is 6.42 Å². The Bertz CT molecular complexity index is 571. The Morgan fingerprint density at radius 1 is 1.45 bits per heavy atom. The van der Waals surface area contributed by atoms with Crippen molar-refractivity contribution >= 4 is 33.9 Å². The van der Waals surface area contributed by atoms with E-state index in [1.54, 1.807) is 17.4 Å². The van der Waals surface area contributed by atoms with Gasteiger partial charge in [-0.25, -0.2) is 9.37 Å². The zero-order chi connectivity index (χ0) is 14.5. The summed E-state index contributed by atoms with van der Waals surface area (Å²) in [6, 6.07) is 5.18. The number of hydrogen-bond acceptors (Lipinski definition) is 3. The number of thiazole rings is 1. The molecule has 0 saturated carbocycles. The zero-order valence-electron chi connectivity index (χ0n) is 11.6. The van der Waals surface area contributed by atoms with Gasteiger partial charge in [-0.05, 0) is 60.2 Å². The van der Waals surface area contributed by atoms with Gasteiger partial charge in [-0.3, -0.25) is 0 Å². The van der Waals surface area contributed by atoms with Gasteiger partial charge in [0.1, 0.15) is 5.82 Å². The second kappa shape index (κ2) is 7.47. The fraction of sp³-hybridized carbons (Fsp3) is 0.400. The second-order valence-corrected chi connectivity index (χ2v) is 6.96. The van der Waals surface area contributed by atoms with E-state index in [2.05, 4.69) is 45.2 Å². The molecule has 0 saturated heterocycles. The van der Waals surface area contributed by atoms with Crippen molar-refractivity contribution in [3.63, 3.8) is 0 Å². The normalized spacial score (nSPS) is 12.6. The van der Waals surface area contributed by atoms with Crippen molar-refractivity contribution < 1.29 is 4.39 Å². The van der Waals surface area contributed by atoms with Gasteiger partial charge in [0.05, 0.1) is 10.7 Å². The smallest absolute Gasteiger partial charge is 0.124 e. The zero-order valence-corrected chi connectivity index (χ0v) is 14.6. The Hall–Kier alpha value is -0.530. The molecule has 0 aliphatic carbocycles. The molecule has 5 heteroatoms. The highest BCUT2D eigenvalue weighted by atomic mass is 127. The van der Waals surface area contributed by atoms with Gasteiger partial charge in [0.15, 0.2) is 0 Å².